The predicted octanol–water partition coefficient (Wildman–Crippen LogP) is 2.83. The van der Waals surface area contributed by atoms with Crippen molar-refractivity contribution in [3.63, 3.8) is 0 Å². The average molecular weight is 232 g/mol. The first-order chi connectivity index (χ1) is 6.77. The number of hydrogen-bond acceptors (Lipinski definition) is 3. The van der Waals surface area contributed by atoms with E-state index in [1.165, 1.54) is 4.88 Å². The highest BCUT2D eigenvalue weighted by molar-refractivity contribution is 7.16. The zero-order valence-electron chi connectivity index (χ0n) is 7.91. The van der Waals surface area contributed by atoms with Crippen molar-refractivity contribution in [1.82, 2.24) is 0 Å². The molecule has 1 aliphatic heterocycles. The van der Waals surface area contributed by atoms with E-state index in [0.717, 1.165) is 30.4 Å². The lowest BCUT2D eigenvalue weighted by atomic mass is 9.93. The Balaban J connectivity index is 2.03. The number of ether oxygens (including phenoxy) is 1. The van der Waals surface area contributed by atoms with Gasteiger partial charge in [0.15, 0.2) is 0 Å². The first-order valence-corrected chi connectivity index (χ1v) is 6.05. The van der Waals surface area contributed by atoms with Crippen LogP contribution in [-0.4, -0.2) is 13.2 Å². The minimum Gasteiger partial charge on any atom is -0.381 e. The van der Waals surface area contributed by atoms with Crippen LogP contribution < -0.4 is 5.73 Å². The van der Waals surface area contributed by atoms with Gasteiger partial charge in [-0.1, -0.05) is 11.6 Å². The molecule has 1 saturated heterocycles. The topological polar surface area (TPSA) is 35.2 Å². The van der Waals surface area contributed by atoms with Gasteiger partial charge in [0, 0.05) is 23.4 Å². The van der Waals surface area contributed by atoms with E-state index in [9.17, 15) is 0 Å². The normalized spacial score (nSPS) is 24.9. The molecule has 2 atom stereocenters. The number of halogens is 1. The van der Waals surface area contributed by atoms with Crippen molar-refractivity contribution in [2.75, 3.05) is 13.2 Å². The van der Waals surface area contributed by atoms with Gasteiger partial charge in [0.1, 0.15) is 0 Å². The number of nitrogens with two attached hydrogens (primary N) is 1. The third-order valence-electron chi connectivity index (χ3n) is 2.63. The molecule has 0 radical (unpaired) electrons. The third kappa shape index (κ3) is 2.28. The Hall–Kier alpha value is -0.0900. The second-order valence-electron chi connectivity index (χ2n) is 3.64. The molecule has 1 aromatic rings. The Morgan fingerprint density at radius 2 is 2.43 bits per heavy atom. The van der Waals surface area contributed by atoms with Crippen molar-refractivity contribution in [2.24, 2.45) is 11.7 Å². The van der Waals surface area contributed by atoms with Gasteiger partial charge < -0.3 is 10.5 Å². The molecule has 0 bridgehead atoms. The van der Waals surface area contributed by atoms with Gasteiger partial charge in [0.05, 0.1) is 10.9 Å². The van der Waals surface area contributed by atoms with E-state index in [2.05, 4.69) is 0 Å². The van der Waals surface area contributed by atoms with Crippen LogP contribution in [0.1, 0.15) is 23.8 Å². The number of rotatable bonds is 2. The van der Waals surface area contributed by atoms with Crippen LogP contribution in [0.3, 0.4) is 0 Å². The van der Waals surface area contributed by atoms with E-state index in [-0.39, 0.29) is 6.04 Å². The Morgan fingerprint density at radius 1 is 1.57 bits per heavy atom. The van der Waals surface area contributed by atoms with Crippen LogP contribution >= 0.6 is 22.9 Å². The first-order valence-electron chi connectivity index (χ1n) is 4.86. The number of hydrogen-bond donors (Lipinski definition) is 1. The maximum Gasteiger partial charge on any atom is 0.0931 e. The Morgan fingerprint density at radius 3 is 3.00 bits per heavy atom. The maximum atomic E-state index is 6.15. The summed E-state index contributed by atoms with van der Waals surface area (Å²) in [4.78, 5) is 1.17. The zero-order chi connectivity index (χ0) is 9.97. The molecule has 2 rings (SSSR count). The molecule has 78 valence electrons. The van der Waals surface area contributed by atoms with Crippen LogP contribution in [-0.2, 0) is 4.74 Å². The highest BCUT2D eigenvalue weighted by Crippen LogP contribution is 2.32. The van der Waals surface area contributed by atoms with E-state index in [0.29, 0.717) is 5.92 Å². The first kappa shape index (κ1) is 10.4. The summed E-state index contributed by atoms with van der Waals surface area (Å²) in [6.07, 6.45) is 2.29. The van der Waals surface area contributed by atoms with Crippen molar-refractivity contribution < 1.29 is 4.74 Å². The molecule has 1 fully saturated rings. The SMILES string of the molecule is NC(c1ccc(Cl)s1)C1CCCOC1. The molecule has 2 unspecified atom stereocenters. The monoisotopic (exact) mass is 231 g/mol. The Bertz CT molecular complexity index is 296. The quantitative estimate of drug-likeness (QED) is 0.850. The molecular weight excluding hydrogens is 218 g/mol. The highest BCUT2D eigenvalue weighted by atomic mass is 35.5. The molecule has 0 spiro atoms. The van der Waals surface area contributed by atoms with E-state index in [1.54, 1.807) is 11.3 Å². The van der Waals surface area contributed by atoms with Gasteiger partial charge in [0.25, 0.3) is 0 Å². The van der Waals surface area contributed by atoms with E-state index < -0.39 is 0 Å². The van der Waals surface area contributed by atoms with Crippen molar-refractivity contribution in [2.45, 2.75) is 18.9 Å². The molecule has 2 N–H and O–H groups in total. The molecule has 0 aliphatic carbocycles. The van der Waals surface area contributed by atoms with Gasteiger partial charge >= 0.3 is 0 Å². The molecule has 1 aliphatic rings. The fraction of sp³-hybridized carbons (Fsp3) is 0.600. The Labute approximate surface area is 93.0 Å². The van der Waals surface area contributed by atoms with Crippen molar-refractivity contribution in [3.05, 3.63) is 21.3 Å². The lowest BCUT2D eigenvalue weighted by Crippen LogP contribution is -2.28. The summed E-state index contributed by atoms with van der Waals surface area (Å²) >= 11 is 7.45. The maximum absolute atomic E-state index is 6.15. The summed E-state index contributed by atoms with van der Waals surface area (Å²) in [7, 11) is 0. The van der Waals surface area contributed by atoms with E-state index >= 15 is 0 Å². The van der Waals surface area contributed by atoms with Crippen molar-refractivity contribution in [3.8, 4) is 0 Å². The minimum atomic E-state index is 0.0906. The second kappa shape index (κ2) is 4.62. The van der Waals surface area contributed by atoms with E-state index in [4.69, 9.17) is 22.1 Å². The fourth-order valence-corrected chi connectivity index (χ4v) is 2.94. The van der Waals surface area contributed by atoms with Crippen molar-refractivity contribution >= 4 is 22.9 Å². The summed E-state index contributed by atoms with van der Waals surface area (Å²) < 4.78 is 6.24. The second-order valence-corrected chi connectivity index (χ2v) is 5.39. The van der Waals surface area contributed by atoms with E-state index in [1.807, 2.05) is 12.1 Å². The standard InChI is InChI=1S/C10H14ClNOS/c11-9-4-3-8(14-9)10(12)7-2-1-5-13-6-7/h3-4,7,10H,1-2,5-6,12H2. The smallest absolute Gasteiger partial charge is 0.0931 e. The molecule has 14 heavy (non-hydrogen) atoms. The highest BCUT2D eigenvalue weighted by Gasteiger charge is 2.23. The van der Waals surface area contributed by atoms with Gasteiger partial charge in [-0.3, -0.25) is 0 Å². The minimum absolute atomic E-state index is 0.0906. The average Bonchev–Trinajstić information content (AvgIpc) is 2.65. The van der Waals surface area contributed by atoms with Gasteiger partial charge in [-0.05, 0) is 25.0 Å². The van der Waals surface area contributed by atoms with Crippen LogP contribution in [0, 0.1) is 5.92 Å². The van der Waals surface area contributed by atoms with Crippen LogP contribution in [0.2, 0.25) is 4.34 Å². The predicted molar refractivity (Wildman–Crippen MR) is 59.8 cm³/mol. The fourth-order valence-electron chi connectivity index (χ4n) is 1.79. The molecule has 4 heteroatoms. The molecule has 0 aromatic carbocycles. The zero-order valence-corrected chi connectivity index (χ0v) is 9.48. The number of thiophene rings is 1. The lowest BCUT2D eigenvalue weighted by molar-refractivity contribution is 0.0452. The summed E-state index contributed by atoms with van der Waals surface area (Å²) in [5.41, 5.74) is 6.15. The molecular formula is C10H14ClNOS. The van der Waals surface area contributed by atoms with Crippen LogP contribution in [0.25, 0.3) is 0 Å². The lowest BCUT2D eigenvalue weighted by Gasteiger charge is -2.26. The van der Waals surface area contributed by atoms with Crippen LogP contribution in [0.5, 0.6) is 0 Å². The van der Waals surface area contributed by atoms with Gasteiger partial charge in [-0.2, -0.15) is 0 Å². The molecule has 2 heterocycles. The largest absolute Gasteiger partial charge is 0.381 e. The summed E-state index contributed by atoms with van der Waals surface area (Å²) in [5, 5.41) is 0. The third-order valence-corrected chi connectivity index (χ3v) is 3.96. The molecule has 2 nitrogen and oxygen atoms in total. The van der Waals surface area contributed by atoms with Gasteiger partial charge in [-0.15, -0.1) is 11.3 Å². The Kier molecular flexibility index (Phi) is 3.44. The molecule has 1 aromatic heterocycles. The van der Waals surface area contributed by atoms with Crippen molar-refractivity contribution in [1.29, 1.82) is 0 Å². The van der Waals surface area contributed by atoms with Gasteiger partial charge in [-0.25, -0.2) is 0 Å². The molecule has 0 saturated carbocycles. The van der Waals surface area contributed by atoms with Crippen LogP contribution in [0.4, 0.5) is 0 Å². The summed E-state index contributed by atoms with van der Waals surface area (Å²) in [6.45, 7) is 1.67. The summed E-state index contributed by atoms with van der Waals surface area (Å²) in [6, 6.07) is 4.02. The van der Waals surface area contributed by atoms with Gasteiger partial charge in [0.2, 0.25) is 0 Å². The summed E-state index contributed by atoms with van der Waals surface area (Å²) in [5.74, 6) is 0.457. The molecule has 0 amide bonds. The van der Waals surface area contributed by atoms with Crippen LogP contribution in [0.15, 0.2) is 12.1 Å².